The Kier molecular flexibility index (Phi) is 7.28. The third kappa shape index (κ3) is 6.39. The van der Waals surface area contributed by atoms with Gasteiger partial charge in [-0.3, -0.25) is 0 Å². The van der Waals surface area contributed by atoms with E-state index in [1.807, 2.05) is 6.07 Å². The van der Waals surface area contributed by atoms with Gasteiger partial charge in [-0.05, 0) is 54.2 Å². The predicted octanol–water partition coefficient (Wildman–Crippen LogP) is 5.48. The lowest BCUT2D eigenvalue weighted by Crippen LogP contribution is -2.07. The topological polar surface area (TPSA) is 78.3 Å². The van der Waals surface area contributed by atoms with Crippen LogP contribution in [0.15, 0.2) is 72.8 Å². The number of aryl methyl sites for hydroxylation is 1. The molecule has 0 aliphatic heterocycles. The molecule has 0 fully saturated rings. The van der Waals surface area contributed by atoms with E-state index in [4.69, 9.17) is 16.2 Å². The molecule has 0 saturated heterocycles. The van der Waals surface area contributed by atoms with Gasteiger partial charge in [-0.15, -0.1) is 0 Å². The number of benzene rings is 3. The molecule has 0 aliphatic rings. The highest BCUT2D eigenvalue weighted by atomic mass is 16.5. The van der Waals surface area contributed by atoms with E-state index in [1.165, 1.54) is 16.7 Å². The molecule has 0 aromatic heterocycles. The van der Waals surface area contributed by atoms with Gasteiger partial charge in [0.2, 0.25) is 0 Å². The van der Waals surface area contributed by atoms with E-state index in [0.29, 0.717) is 23.5 Å². The van der Waals surface area contributed by atoms with Crippen LogP contribution < -0.4 is 11.5 Å². The molecular formula is C25H28N2O2. The second-order valence-electron chi connectivity index (χ2n) is 7.25. The van der Waals surface area contributed by atoms with Crippen LogP contribution in [0.1, 0.15) is 41.6 Å². The average Bonchev–Trinajstić information content (AvgIpc) is 2.73. The molecule has 150 valence electrons. The summed E-state index contributed by atoms with van der Waals surface area (Å²) in [6.07, 6.45) is 5.20. The maximum absolute atomic E-state index is 12.0. The summed E-state index contributed by atoms with van der Waals surface area (Å²) >= 11 is 0. The summed E-state index contributed by atoms with van der Waals surface area (Å²) in [4.78, 5) is 12.0. The Labute approximate surface area is 172 Å². The molecule has 0 heterocycles. The number of nitrogens with two attached hydrogens (primary N) is 2. The Balaban J connectivity index is 1.31. The average molecular weight is 389 g/mol. The molecule has 0 atom stereocenters. The van der Waals surface area contributed by atoms with Gasteiger partial charge in [-0.1, -0.05) is 67.4 Å². The van der Waals surface area contributed by atoms with Crippen molar-refractivity contribution in [2.24, 2.45) is 0 Å². The molecule has 4 nitrogen and oxygen atoms in total. The smallest absolute Gasteiger partial charge is 0.338 e. The van der Waals surface area contributed by atoms with Crippen LogP contribution in [0.4, 0.5) is 11.4 Å². The van der Waals surface area contributed by atoms with Gasteiger partial charge in [0.25, 0.3) is 0 Å². The van der Waals surface area contributed by atoms with Crippen molar-refractivity contribution in [2.75, 3.05) is 18.1 Å². The summed E-state index contributed by atoms with van der Waals surface area (Å²) in [5.41, 5.74) is 16.6. The van der Waals surface area contributed by atoms with E-state index >= 15 is 0 Å². The molecule has 0 saturated carbocycles. The zero-order chi connectivity index (χ0) is 20.5. The minimum Gasteiger partial charge on any atom is -0.462 e. The van der Waals surface area contributed by atoms with Crippen LogP contribution in [0.2, 0.25) is 0 Å². The van der Waals surface area contributed by atoms with E-state index < -0.39 is 0 Å². The first-order valence-electron chi connectivity index (χ1n) is 10.1. The van der Waals surface area contributed by atoms with Crippen LogP contribution >= 0.6 is 0 Å². The SMILES string of the molecule is Nc1cc(N)cc(C(=O)OCCCCCCc2ccc(-c3ccccc3)cc2)c1. The lowest BCUT2D eigenvalue weighted by molar-refractivity contribution is 0.0498. The maximum atomic E-state index is 12.0. The third-order valence-electron chi connectivity index (χ3n) is 4.87. The first-order valence-corrected chi connectivity index (χ1v) is 10.1. The maximum Gasteiger partial charge on any atom is 0.338 e. The number of esters is 1. The Morgan fingerprint density at radius 1 is 0.724 bits per heavy atom. The van der Waals surface area contributed by atoms with E-state index in [9.17, 15) is 4.79 Å². The summed E-state index contributed by atoms with van der Waals surface area (Å²) in [7, 11) is 0. The van der Waals surface area contributed by atoms with Gasteiger partial charge >= 0.3 is 5.97 Å². The number of hydrogen-bond acceptors (Lipinski definition) is 4. The fourth-order valence-corrected chi connectivity index (χ4v) is 3.32. The summed E-state index contributed by atoms with van der Waals surface area (Å²) in [5.74, 6) is -0.373. The van der Waals surface area contributed by atoms with E-state index in [2.05, 4.69) is 48.5 Å². The highest BCUT2D eigenvalue weighted by Gasteiger charge is 2.08. The fraction of sp³-hybridized carbons (Fsp3) is 0.240. The summed E-state index contributed by atoms with van der Waals surface area (Å²) in [6, 6.07) is 24.0. The molecule has 0 bridgehead atoms. The lowest BCUT2D eigenvalue weighted by atomic mass is 10.0. The molecule has 0 aliphatic carbocycles. The van der Waals surface area contributed by atoms with Crippen molar-refractivity contribution in [1.82, 2.24) is 0 Å². The largest absolute Gasteiger partial charge is 0.462 e. The van der Waals surface area contributed by atoms with E-state index in [1.54, 1.807) is 18.2 Å². The van der Waals surface area contributed by atoms with Crippen molar-refractivity contribution in [3.63, 3.8) is 0 Å². The monoisotopic (exact) mass is 388 g/mol. The highest BCUT2D eigenvalue weighted by Crippen LogP contribution is 2.20. The molecular weight excluding hydrogens is 360 g/mol. The Morgan fingerprint density at radius 3 is 2.03 bits per heavy atom. The van der Waals surface area contributed by atoms with E-state index in [-0.39, 0.29) is 5.97 Å². The third-order valence-corrected chi connectivity index (χ3v) is 4.87. The normalized spacial score (nSPS) is 10.6. The van der Waals surface area contributed by atoms with Gasteiger partial charge < -0.3 is 16.2 Å². The number of nitrogen functional groups attached to an aromatic ring is 2. The van der Waals surface area contributed by atoms with Gasteiger partial charge in [0.15, 0.2) is 0 Å². The van der Waals surface area contributed by atoms with Gasteiger partial charge in [-0.25, -0.2) is 4.79 Å². The number of carbonyl (C=O) groups excluding carboxylic acids is 1. The van der Waals surface area contributed by atoms with Crippen molar-refractivity contribution in [3.05, 3.63) is 83.9 Å². The first kappa shape index (κ1) is 20.5. The van der Waals surface area contributed by atoms with Gasteiger partial charge in [-0.2, -0.15) is 0 Å². The predicted molar refractivity (Wildman–Crippen MR) is 120 cm³/mol. The van der Waals surface area contributed by atoms with Crippen molar-refractivity contribution in [2.45, 2.75) is 32.1 Å². The number of hydrogen-bond donors (Lipinski definition) is 2. The van der Waals surface area contributed by atoms with Gasteiger partial charge in [0.1, 0.15) is 0 Å². The minimum absolute atomic E-state index is 0.373. The second-order valence-corrected chi connectivity index (χ2v) is 7.25. The molecule has 0 unspecified atom stereocenters. The van der Waals surface area contributed by atoms with Crippen molar-refractivity contribution in [1.29, 1.82) is 0 Å². The Hall–Kier alpha value is -3.27. The van der Waals surface area contributed by atoms with Crippen LogP contribution in [0.5, 0.6) is 0 Å². The first-order chi connectivity index (χ1) is 14.1. The molecule has 3 aromatic rings. The molecule has 3 rings (SSSR count). The van der Waals surface area contributed by atoms with E-state index in [0.717, 1.165) is 32.1 Å². The van der Waals surface area contributed by atoms with Crippen molar-refractivity contribution in [3.8, 4) is 11.1 Å². The molecule has 0 amide bonds. The molecule has 0 radical (unpaired) electrons. The number of rotatable bonds is 9. The minimum atomic E-state index is -0.373. The van der Waals surface area contributed by atoms with Crippen LogP contribution in [-0.2, 0) is 11.2 Å². The molecule has 4 N–H and O–H groups in total. The Morgan fingerprint density at radius 2 is 1.34 bits per heavy atom. The molecule has 0 spiro atoms. The van der Waals surface area contributed by atoms with Crippen molar-refractivity contribution < 1.29 is 9.53 Å². The quantitative estimate of drug-likeness (QED) is 0.289. The number of unbranched alkanes of at least 4 members (excludes halogenated alkanes) is 3. The van der Waals surface area contributed by atoms with Crippen molar-refractivity contribution >= 4 is 17.3 Å². The zero-order valence-corrected chi connectivity index (χ0v) is 16.6. The molecule has 3 aromatic carbocycles. The Bertz CT molecular complexity index is 901. The summed E-state index contributed by atoms with van der Waals surface area (Å²) in [5, 5.41) is 0. The van der Waals surface area contributed by atoms with Crippen LogP contribution in [-0.4, -0.2) is 12.6 Å². The van der Waals surface area contributed by atoms with Gasteiger partial charge in [0, 0.05) is 11.4 Å². The number of ether oxygens (including phenoxy) is 1. The summed E-state index contributed by atoms with van der Waals surface area (Å²) in [6.45, 7) is 0.416. The standard InChI is InChI=1S/C25H28N2O2/c26-23-16-22(17-24(27)18-23)25(28)29-15-7-2-1-4-8-19-11-13-21(14-12-19)20-9-5-3-6-10-20/h3,5-6,9-14,16-18H,1-2,4,7-8,15,26-27H2. The lowest BCUT2D eigenvalue weighted by Gasteiger charge is -2.07. The van der Waals surface area contributed by atoms with Crippen LogP contribution in [0.3, 0.4) is 0 Å². The number of anilines is 2. The fourth-order valence-electron chi connectivity index (χ4n) is 3.32. The van der Waals surface area contributed by atoms with Crippen LogP contribution in [0, 0.1) is 0 Å². The van der Waals surface area contributed by atoms with Gasteiger partial charge in [0.05, 0.1) is 12.2 Å². The van der Waals surface area contributed by atoms with Crippen LogP contribution in [0.25, 0.3) is 11.1 Å². The summed E-state index contributed by atoms with van der Waals surface area (Å²) < 4.78 is 5.31. The molecule has 4 heteroatoms. The number of carbonyl (C=O) groups is 1. The zero-order valence-electron chi connectivity index (χ0n) is 16.6. The highest BCUT2D eigenvalue weighted by molar-refractivity contribution is 5.91. The molecule has 29 heavy (non-hydrogen) atoms. The second kappa shape index (κ2) is 10.3.